The second kappa shape index (κ2) is 10.8. The van der Waals surface area contributed by atoms with Crippen LogP contribution in [0.2, 0.25) is 0 Å². The summed E-state index contributed by atoms with van der Waals surface area (Å²) in [6.07, 6.45) is 1.05. The highest BCUT2D eigenvalue weighted by molar-refractivity contribution is 9.10. The third-order valence-electron chi connectivity index (χ3n) is 4.59. The third-order valence-corrected chi connectivity index (χ3v) is 6.26. The van der Waals surface area contributed by atoms with Gasteiger partial charge in [0.1, 0.15) is 12.6 Å². The van der Waals surface area contributed by atoms with E-state index in [-0.39, 0.29) is 18.5 Å². The van der Waals surface area contributed by atoms with Crippen LogP contribution in [0, 0.1) is 0 Å². The molecule has 0 bridgehead atoms. The lowest BCUT2D eigenvalue weighted by Crippen LogP contribution is -2.52. The smallest absolute Gasteiger partial charge is 0.244 e. The summed E-state index contributed by atoms with van der Waals surface area (Å²) in [7, 11) is -3.73. The van der Waals surface area contributed by atoms with Gasteiger partial charge in [-0.2, -0.15) is 0 Å². The number of hydrogen-bond acceptors (Lipinski definition) is 4. The van der Waals surface area contributed by atoms with Gasteiger partial charge in [0.05, 0.1) is 11.9 Å². The van der Waals surface area contributed by atoms with Crippen molar-refractivity contribution in [3.05, 3.63) is 64.6 Å². The average Bonchev–Trinajstić information content (AvgIpc) is 2.70. The molecule has 9 heteroatoms. The molecule has 0 spiro atoms. The van der Waals surface area contributed by atoms with Gasteiger partial charge >= 0.3 is 0 Å². The molecule has 7 nitrogen and oxygen atoms in total. The molecule has 0 saturated carbocycles. The van der Waals surface area contributed by atoms with Crippen molar-refractivity contribution in [3.63, 3.8) is 0 Å². The van der Waals surface area contributed by atoms with E-state index in [1.165, 1.54) is 4.90 Å². The molecule has 1 N–H and O–H groups in total. The maximum absolute atomic E-state index is 13.3. The summed E-state index contributed by atoms with van der Waals surface area (Å²) >= 11 is 3.32. The molecule has 0 aliphatic carbocycles. The van der Waals surface area contributed by atoms with Crippen molar-refractivity contribution in [2.75, 3.05) is 17.1 Å². The summed E-state index contributed by atoms with van der Waals surface area (Å²) in [5, 5.41) is 2.82. The summed E-state index contributed by atoms with van der Waals surface area (Å²) in [5.74, 6) is -0.766. The third kappa shape index (κ3) is 7.36. The van der Waals surface area contributed by atoms with Gasteiger partial charge in [-0.1, -0.05) is 46.3 Å². The maximum Gasteiger partial charge on any atom is 0.244 e. The van der Waals surface area contributed by atoms with E-state index in [0.29, 0.717) is 5.69 Å². The molecule has 168 valence electrons. The Morgan fingerprint density at radius 1 is 1.00 bits per heavy atom. The van der Waals surface area contributed by atoms with Crippen molar-refractivity contribution < 1.29 is 18.0 Å². The molecule has 0 fully saturated rings. The average molecular weight is 510 g/mol. The van der Waals surface area contributed by atoms with Gasteiger partial charge in [-0.3, -0.25) is 13.9 Å². The van der Waals surface area contributed by atoms with Crippen LogP contribution in [-0.2, 0) is 26.2 Å². The number of nitrogens with zero attached hydrogens (tertiary/aromatic N) is 2. The molecule has 2 aromatic rings. The van der Waals surface area contributed by atoms with Crippen LogP contribution in [-0.4, -0.2) is 50.0 Å². The number of carbonyl (C=O) groups excluding carboxylic acids is 2. The Morgan fingerprint density at radius 2 is 1.58 bits per heavy atom. The summed E-state index contributed by atoms with van der Waals surface area (Å²) in [6, 6.07) is 15.1. The zero-order valence-corrected chi connectivity index (χ0v) is 20.5. The minimum atomic E-state index is -3.73. The van der Waals surface area contributed by atoms with Crippen LogP contribution in [0.5, 0.6) is 0 Å². The normalized spacial score (nSPS) is 12.3. The van der Waals surface area contributed by atoms with Gasteiger partial charge in [0.25, 0.3) is 0 Å². The molecule has 2 amide bonds. The first-order valence-corrected chi connectivity index (χ1v) is 12.5. The predicted octanol–water partition coefficient (Wildman–Crippen LogP) is 3.16. The van der Waals surface area contributed by atoms with Crippen LogP contribution in [0.1, 0.15) is 26.3 Å². The monoisotopic (exact) mass is 509 g/mol. The van der Waals surface area contributed by atoms with E-state index in [4.69, 9.17) is 0 Å². The Kier molecular flexibility index (Phi) is 8.64. The number of sulfonamides is 1. The molecule has 2 rings (SSSR count). The van der Waals surface area contributed by atoms with Gasteiger partial charge in [0, 0.05) is 17.1 Å². The van der Waals surface area contributed by atoms with Gasteiger partial charge in [0.2, 0.25) is 21.8 Å². The highest BCUT2D eigenvalue weighted by atomic mass is 79.9. The molecule has 0 aliphatic heterocycles. The second-order valence-electron chi connectivity index (χ2n) is 7.59. The molecule has 2 aromatic carbocycles. The molecule has 1 atom stereocenters. The molecule has 0 unspecified atom stereocenters. The van der Waals surface area contributed by atoms with Gasteiger partial charge in [-0.15, -0.1) is 0 Å². The number of halogens is 1. The van der Waals surface area contributed by atoms with Gasteiger partial charge in [-0.05, 0) is 50.6 Å². The van der Waals surface area contributed by atoms with Crippen molar-refractivity contribution in [2.24, 2.45) is 0 Å². The number of benzene rings is 2. The number of carbonyl (C=O) groups is 2. The fraction of sp³-hybridized carbons (Fsp3) is 0.364. The van der Waals surface area contributed by atoms with Gasteiger partial charge < -0.3 is 10.2 Å². The van der Waals surface area contributed by atoms with Gasteiger partial charge in [-0.25, -0.2) is 8.42 Å². The molecular formula is C22H28BrN3O4S. The zero-order chi connectivity index (χ0) is 23.2. The number of hydrogen-bond donors (Lipinski definition) is 1. The fourth-order valence-corrected chi connectivity index (χ4v) is 4.10. The van der Waals surface area contributed by atoms with Crippen molar-refractivity contribution >= 4 is 43.5 Å². The quantitative estimate of drug-likeness (QED) is 0.562. The molecule has 0 saturated heterocycles. The Balaban J connectivity index is 2.35. The summed E-state index contributed by atoms with van der Waals surface area (Å²) in [4.78, 5) is 27.4. The molecule has 0 radical (unpaired) electrons. The first-order valence-electron chi connectivity index (χ1n) is 9.86. The van der Waals surface area contributed by atoms with E-state index in [9.17, 15) is 18.0 Å². The van der Waals surface area contributed by atoms with Crippen LogP contribution in [0.25, 0.3) is 0 Å². The summed E-state index contributed by atoms with van der Waals surface area (Å²) in [5.41, 5.74) is 1.22. The predicted molar refractivity (Wildman–Crippen MR) is 126 cm³/mol. The van der Waals surface area contributed by atoms with Crippen LogP contribution in [0.3, 0.4) is 0 Å². The SMILES string of the molecule is CC(C)NC(=O)[C@H](C)N(Cc1ccccc1)C(=O)CN(c1ccc(Br)cc1)S(C)(=O)=O. The standard InChI is InChI=1S/C22H28BrN3O4S/c1-16(2)24-22(28)17(3)25(14-18-8-6-5-7-9-18)21(27)15-26(31(4,29)30)20-12-10-19(23)11-13-20/h5-13,16-17H,14-15H2,1-4H3,(H,24,28)/t17-/m0/s1. The van der Waals surface area contributed by atoms with E-state index >= 15 is 0 Å². The molecule has 31 heavy (non-hydrogen) atoms. The summed E-state index contributed by atoms with van der Waals surface area (Å²) in [6.45, 7) is 5.10. The lowest BCUT2D eigenvalue weighted by atomic mass is 10.1. The molecule has 0 aromatic heterocycles. The van der Waals surface area contributed by atoms with Crippen LogP contribution in [0.15, 0.2) is 59.1 Å². The first kappa shape index (κ1) is 24.9. The number of anilines is 1. The van der Waals surface area contributed by atoms with Crippen LogP contribution in [0.4, 0.5) is 5.69 Å². The van der Waals surface area contributed by atoms with E-state index in [0.717, 1.165) is 20.6 Å². The lowest BCUT2D eigenvalue weighted by molar-refractivity contribution is -0.139. The largest absolute Gasteiger partial charge is 0.352 e. The zero-order valence-electron chi connectivity index (χ0n) is 18.1. The minimum Gasteiger partial charge on any atom is -0.352 e. The minimum absolute atomic E-state index is 0.0843. The van der Waals surface area contributed by atoms with Crippen molar-refractivity contribution in [3.8, 4) is 0 Å². The Hall–Kier alpha value is -2.39. The molecule has 0 aliphatic rings. The van der Waals surface area contributed by atoms with E-state index in [2.05, 4.69) is 21.2 Å². The van der Waals surface area contributed by atoms with Crippen LogP contribution >= 0.6 is 15.9 Å². The van der Waals surface area contributed by atoms with Gasteiger partial charge in [0.15, 0.2) is 0 Å². The van der Waals surface area contributed by atoms with Crippen molar-refractivity contribution in [1.82, 2.24) is 10.2 Å². The summed E-state index contributed by atoms with van der Waals surface area (Å²) < 4.78 is 26.7. The van der Waals surface area contributed by atoms with Crippen molar-refractivity contribution in [1.29, 1.82) is 0 Å². The second-order valence-corrected chi connectivity index (χ2v) is 10.4. The number of amides is 2. The number of nitrogens with one attached hydrogen (secondary N) is 1. The van der Waals surface area contributed by atoms with E-state index < -0.39 is 28.5 Å². The first-order chi connectivity index (χ1) is 14.5. The van der Waals surface area contributed by atoms with Crippen LogP contribution < -0.4 is 9.62 Å². The maximum atomic E-state index is 13.3. The fourth-order valence-electron chi connectivity index (χ4n) is 2.99. The lowest BCUT2D eigenvalue weighted by Gasteiger charge is -2.31. The van der Waals surface area contributed by atoms with Crippen molar-refractivity contribution in [2.45, 2.75) is 39.4 Å². The topological polar surface area (TPSA) is 86.8 Å². The highest BCUT2D eigenvalue weighted by Crippen LogP contribution is 2.21. The van der Waals surface area contributed by atoms with E-state index in [1.807, 2.05) is 44.2 Å². The molecular weight excluding hydrogens is 482 g/mol. The number of rotatable bonds is 9. The Morgan fingerprint density at radius 3 is 2.10 bits per heavy atom. The molecule has 0 heterocycles. The van der Waals surface area contributed by atoms with E-state index in [1.54, 1.807) is 31.2 Å². The Bertz CT molecular complexity index is 995. The highest BCUT2D eigenvalue weighted by Gasteiger charge is 2.30. The Labute approximate surface area is 192 Å².